The maximum atomic E-state index is 12.2. The van der Waals surface area contributed by atoms with Gasteiger partial charge in [-0.1, -0.05) is 42.5 Å². The number of fused-ring (bicyclic) bond motifs is 1. The van der Waals surface area contributed by atoms with E-state index in [9.17, 15) is 9.59 Å². The number of likely N-dealkylation sites (N-methyl/N-ethyl adjacent to an activating group) is 1. The van der Waals surface area contributed by atoms with Crippen molar-refractivity contribution in [2.45, 2.75) is 25.4 Å². The van der Waals surface area contributed by atoms with Gasteiger partial charge in [-0.3, -0.25) is 9.36 Å². The summed E-state index contributed by atoms with van der Waals surface area (Å²) in [4.78, 5) is 26.3. The predicted molar refractivity (Wildman–Crippen MR) is 106 cm³/mol. The summed E-state index contributed by atoms with van der Waals surface area (Å²) in [6.45, 7) is 1.00. The number of rotatable bonds is 8. The summed E-state index contributed by atoms with van der Waals surface area (Å²) >= 11 is 0. The van der Waals surface area contributed by atoms with Crippen molar-refractivity contribution in [2.24, 2.45) is 0 Å². The Bertz CT molecular complexity index is 944. The zero-order valence-electron chi connectivity index (χ0n) is 15.7. The summed E-state index contributed by atoms with van der Waals surface area (Å²) in [7, 11) is 4.00. The first-order chi connectivity index (χ1) is 13.1. The van der Waals surface area contributed by atoms with Crippen LogP contribution in [0.25, 0.3) is 11.1 Å². The second-order valence-electron chi connectivity index (χ2n) is 6.79. The van der Waals surface area contributed by atoms with Gasteiger partial charge >= 0.3 is 5.76 Å². The molecule has 2 aromatic carbocycles. The average Bonchev–Trinajstić information content (AvgIpc) is 2.98. The Morgan fingerprint density at radius 2 is 1.81 bits per heavy atom. The first kappa shape index (κ1) is 18.9. The van der Waals surface area contributed by atoms with Crippen LogP contribution in [0.5, 0.6) is 0 Å². The van der Waals surface area contributed by atoms with Crippen LogP contribution in [0.4, 0.5) is 0 Å². The van der Waals surface area contributed by atoms with Crippen LogP contribution >= 0.6 is 0 Å². The molecule has 3 aromatic rings. The van der Waals surface area contributed by atoms with E-state index >= 15 is 0 Å². The molecule has 0 aliphatic rings. The zero-order chi connectivity index (χ0) is 19.2. The highest BCUT2D eigenvalue weighted by atomic mass is 16.4. The molecule has 1 amide bonds. The molecule has 6 heteroatoms. The van der Waals surface area contributed by atoms with Gasteiger partial charge < -0.3 is 14.6 Å². The van der Waals surface area contributed by atoms with E-state index in [0.29, 0.717) is 31.5 Å². The molecule has 27 heavy (non-hydrogen) atoms. The first-order valence-corrected chi connectivity index (χ1v) is 9.12. The van der Waals surface area contributed by atoms with Crippen molar-refractivity contribution in [3.05, 3.63) is 70.7 Å². The van der Waals surface area contributed by atoms with Crippen LogP contribution in [0, 0.1) is 0 Å². The highest BCUT2D eigenvalue weighted by Gasteiger charge is 2.15. The SMILES string of the molecule is CN(C)[C@@H](CNC(=O)CCCn1c(=O)oc2ccccc21)c1ccccc1. The molecule has 3 rings (SSSR count). The predicted octanol–water partition coefficient (Wildman–Crippen LogP) is 2.79. The van der Waals surface area contributed by atoms with E-state index < -0.39 is 0 Å². The number of aryl methyl sites for hydroxylation is 1. The number of para-hydroxylation sites is 2. The summed E-state index contributed by atoms with van der Waals surface area (Å²) in [5.74, 6) is -0.396. The highest BCUT2D eigenvalue weighted by molar-refractivity contribution is 5.76. The molecule has 1 atom stereocenters. The minimum atomic E-state index is -0.381. The average molecular weight is 367 g/mol. The van der Waals surface area contributed by atoms with Crippen LogP contribution in [0.1, 0.15) is 24.4 Å². The molecule has 0 radical (unpaired) electrons. The van der Waals surface area contributed by atoms with Crippen molar-refractivity contribution in [2.75, 3.05) is 20.6 Å². The largest absolute Gasteiger partial charge is 0.419 e. The Hall–Kier alpha value is -2.86. The van der Waals surface area contributed by atoms with Crippen LogP contribution in [-0.4, -0.2) is 36.0 Å². The fourth-order valence-electron chi connectivity index (χ4n) is 3.20. The van der Waals surface area contributed by atoms with Gasteiger partial charge in [-0.15, -0.1) is 0 Å². The Balaban J connectivity index is 1.52. The van der Waals surface area contributed by atoms with Crippen LogP contribution in [0.15, 0.2) is 63.8 Å². The topological polar surface area (TPSA) is 67.5 Å². The van der Waals surface area contributed by atoms with E-state index in [4.69, 9.17) is 4.42 Å². The Morgan fingerprint density at radius 1 is 1.11 bits per heavy atom. The second-order valence-corrected chi connectivity index (χ2v) is 6.79. The number of hydrogen-bond acceptors (Lipinski definition) is 4. The Labute approximate surface area is 158 Å². The Morgan fingerprint density at radius 3 is 2.56 bits per heavy atom. The lowest BCUT2D eigenvalue weighted by Crippen LogP contribution is -2.34. The van der Waals surface area contributed by atoms with Crippen LogP contribution < -0.4 is 11.1 Å². The molecule has 0 bridgehead atoms. The maximum absolute atomic E-state index is 12.2. The van der Waals surface area contributed by atoms with Gasteiger partial charge in [-0.05, 0) is 38.2 Å². The van der Waals surface area contributed by atoms with Crippen LogP contribution in [0.3, 0.4) is 0 Å². The number of oxazole rings is 1. The molecular formula is C21H25N3O3. The molecule has 0 saturated carbocycles. The lowest BCUT2D eigenvalue weighted by Gasteiger charge is -2.25. The third-order valence-electron chi connectivity index (χ3n) is 4.66. The summed E-state index contributed by atoms with van der Waals surface area (Å²) < 4.78 is 6.79. The fourth-order valence-corrected chi connectivity index (χ4v) is 3.20. The van der Waals surface area contributed by atoms with Gasteiger partial charge in [0.05, 0.1) is 11.6 Å². The van der Waals surface area contributed by atoms with E-state index in [0.717, 1.165) is 5.52 Å². The van der Waals surface area contributed by atoms with Crippen molar-refractivity contribution in [3.63, 3.8) is 0 Å². The van der Waals surface area contributed by atoms with E-state index in [2.05, 4.69) is 22.3 Å². The van der Waals surface area contributed by atoms with Gasteiger partial charge in [-0.2, -0.15) is 0 Å². The molecule has 1 aromatic heterocycles. The van der Waals surface area contributed by atoms with E-state index in [-0.39, 0.29) is 17.7 Å². The molecule has 142 valence electrons. The molecule has 0 fully saturated rings. The van der Waals surface area contributed by atoms with Crippen molar-refractivity contribution in [1.82, 2.24) is 14.8 Å². The second kappa shape index (κ2) is 8.68. The Kier molecular flexibility index (Phi) is 6.08. The van der Waals surface area contributed by atoms with Crippen molar-refractivity contribution in [1.29, 1.82) is 0 Å². The molecule has 6 nitrogen and oxygen atoms in total. The van der Waals surface area contributed by atoms with Gasteiger partial charge in [0.15, 0.2) is 5.58 Å². The summed E-state index contributed by atoms with van der Waals surface area (Å²) in [5, 5.41) is 3.00. The number of benzene rings is 2. The van der Waals surface area contributed by atoms with Crippen molar-refractivity contribution in [3.8, 4) is 0 Å². The lowest BCUT2D eigenvalue weighted by atomic mass is 10.1. The monoisotopic (exact) mass is 367 g/mol. The quantitative estimate of drug-likeness (QED) is 0.665. The molecule has 1 heterocycles. The smallest absolute Gasteiger partial charge is 0.408 e. The van der Waals surface area contributed by atoms with Gasteiger partial charge in [-0.25, -0.2) is 4.79 Å². The molecule has 0 aliphatic carbocycles. The standard InChI is InChI=1S/C21H25N3O3/c1-23(2)18(16-9-4-3-5-10-16)15-22-20(25)13-8-14-24-17-11-6-7-12-19(17)27-21(24)26/h3-7,9-12,18H,8,13-15H2,1-2H3,(H,22,25)/t18-/m0/s1. The van der Waals surface area contributed by atoms with Gasteiger partial charge in [0, 0.05) is 19.5 Å². The normalized spacial score (nSPS) is 12.4. The summed E-state index contributed by atoms with van der Waals surface area (Å²) in [6.07, 6.45) is 0.939. The highest BCUT2D eigenvalue weighted by Crippen LogP contribution is 2.17. The number of amides is 1. The van der Waals surface area contributed by atoms with Crippen LogP contribution in [0.2, 0.25) is 0 Å². The molecule has 1 N–H and O–H groups in total. The van der Waals surface area contributed by atoms with E-state index in [1.165, 1.54) is 5.56 Å². The number of carbonyl (C=O) groups is 1. The van der Waals surface area contributed by atoms with Crippen molar-refractivity contribution >= 4 is 17.0 Å². The van der Waals surface area contributed by atoms with Crippen molar-refractivity contribution < 1.29 is 9.21 Å². The fraction of sp³-hybridized carbons (Fsp3) is 0.333. The number of aromatic nitrogens is 1. The molecule has 0 unspecified atom stereocenters. The zero-order valence-corrected chi connectivity index (χ0v) is 15.7. The molecule has 0 spiro atoms. The van der Waals surface area contributed by atoms with Gasteiger partial charge in [0.1, 0.15) is 0 Å². The maximum Gasteiger partial charge on any atom is 0.419 e. The summed E-state index contributed by atoms with van der Waals surface area (Å²) in [6, 6.07) is 17.5. The molecule has 0 aliphatic heterocycles. The molecule has 0 saturated heterocycles. The van der Waals surface area contributed by atoms with Gasteiger partial charge in [0.2, 0.25) is 5.91 Å². The minimum absolute atomic E-state index is 0.0152. The van der Waals surface area contributed by atoms with E-state index in [1.54, 1.807) is 10.6 Å². The number of nitrogens with one attached hydrogen (secondary N) is 1. The summed E-state index contributed by atoms with van der Waals surface area (Å²) in [5.41, 5.74) is 2.50. The number of hydrogen-bond donors (Lipinski definition) is 1. The lowest BCUT2D eigenvalue weighted by molar-refractivity contribution is -0.121. The minimum Gasteiger partial charge on any atom is -0.408 e. The number of nitrogens with zero attached hydrogens (tertiary/aromatic N) is 2. The third-order valence-corrected chi connectivity index (χ3v) is 4.66. The first-order valence-electron chi connectivity index (χ1n) is 9.12. The third kappa shape index (κ3) is 4.65. The number of carbonyl (C=O) groups excluding carboxylic acids is 1. The van der Waals surface area contributed by atoms with E-state index in [1.807, 2.05) is 50.5 Å². The van der Waals surface area contributed by atoms with Gasteiger partial charge in [0.25, 0.3) is 0 Å². The van der Waals surface area contributed by atoms with Crippen LogP contribution in [-0.2, 0) is 11.3 Å². The molecular weight excluding hydrogens is 342 g/mol.